The van der Waals surface area contributed by atoms with E-state index in [-0.39, 0.29) is 11.5 Å². The maximum absolute atomic E-state index is 11.9. The molecule has 0 bridgehead atoms. The fraction of sp³-hybridized carbons (Fsp3) is 0.467. The van der Waals surface area contributed by atoms with E-state index < -0.39 is 21.7 Å². The van der Waals surface area contributed by atoms with Crippen molar-refractivity contribution >= 4 is 22.0 Å². The van der Waals surface area contributed by atoms with Crippen LogP contribution in [0.15, 0.2) is 17.2 Å². The van der Waals surface area contributed by atoms with Crippen LogP contribution in [0.1, 0.15) is 12.0 Å². The van der Waals surface area contributed by atoms with Gasteiger partial charge in [0.05, 0.1) is 45.0 Å². The van der Waals surface area contributed by atoms with Gasteiger partial charge in [-0.1, -0.05) is 0 Å². The van der Waals surface area contributed by atoms with Crippen molar-refractivity contribution in [2.24, 2.45) is 11.0 Å². The summed E-state index contributed by atoms with van der Waals surface area (Å²) in [5.41, 5.74) is 2.94. The van der Waals surface area contributed by atoms with Crippen molar-refractivity contribution in [3.8, 4) is 17.2 Å². The van der Waals surface area contributed by atoms with E-state index in [0.717, 1.165) is 0 Å². The summed E-state index contributed by atoms with van der Waals surface area (Å²) in [5.74, 6) is 0.278. The second-order valence-corrected chi connectivity index (χ2v) is 7.49. The monoisotopic (exact) mass is 356 g/mol. The second kappa shape index (κ2) is 7.52. The Kier molecular flexibility index (Phi) is 5.66. The highest BCUT2D eigenvalue weighted by Gasteiger charge is 2.32. The summed E-state index contributed by atoms with van der Waals surface area (Å²) in [6.45, 7) is 0. The number of nitrogens with one attached hydrogen (secondary N) is 1. The molecular formula is C15H20N2O6S. The van der Waals surface area contributed by atoms with Crippen LogP contribution in [0.2, 0.25) is 0 Å². The Morgan fingerprint density at radius 2 is 1.92 bits per heavy atom. The summed E-state index contributed by atoms with van der Waals surface area (Å²) in [6, 6.07) is 3.39. The topological polar surface area (TPSA) is 103 Å². The zero-order valence-corrected chi connectivity index (χ0v) is 14.6. The van der Waals surface area contributed by atoms with Gasteiger partial charge < -0.3 is 14.2 Å². The number of carbonyl (C=O) groups excluding carboxylic acids is 1. The highest BCUT2D eigenvalue weighted by Crippen LogP contribution is 2.38. The number of amides is 1. The number of hydrazone groups is 1. The van der Waals surface area contributed by atoms with Crippen LogP contribution in [-0.2, 0) is 14.6 Å². The Labute approximate surface area is 140 Å². The molecule has 0 aliphatic carbocycles. The minimum atomic E-state index is -3.11. The van der Waals surface area contributed by atoms with Gasteiger partial charge in [-0.25, -0.2) is 13.8 Å². The Morgan fingerprint density at radius 1 is 1.21 bits per heavy atom. The van der Waals surface area contributed by atoms with Crippen LogP contribution in [0, 0.1) is 5.92 Å². The molecular weight excluding hydrogens is 336 g/mol. The molecule has 132 valence electrons. The number of sulfone groups is 1. The molecule has 1 aromatic carbocycles. The predicted octanol–water partition coefficient (Wildman–Crippen LogP) is 0.597. The first kappa shape index (κ1) is 18.1. The minimum absolute atomic E-state index is 0.0400. The number of benzene rings is 1. The average molecular weight is 356 g/mol. The van der Waals surface area contributed by atoms with Crippen LogP contribution < -0.4 is 19.6 Å². The van der Waals surface area contributed by atoms with Crippen molar-refractivity contribution in [2.75, 3.05) is 32.8 Å². The van der Waals surface area contributed by atoms with Crippen molar-refractivity contribution in [1.82, 2.24) is 5.43 Å². The van der Waals surface area contributed by atoms with E-state index in [1.807, 2.05) is 0 Å². The molecule has 24 heavy (non-hydrogen) atoms. The first-order chi connectivity index (χ1) is 11.4. The van der Waals surface area contributed by atoms with Crippen molar-refractivity contribution in [1.29, 1.82) is 0 Å². The molecule has 1 aromatic rings. The summed E-state index contributed by atoms with van der Waals surface area (Å²) < 4.78 is 38.5. The van der Waals surface area contributed by atoms with Crippen molar-refractivity contribution in [2.45, 2.75) is 6.42 Å². The minimum Gasteiger partial charge on any atom is -0.493 e. The third kappa shape index (κ3) is 3.97. The summed E-state index contributed by atoms with van der Waals surface area (Å²) >= 11 is 0. The van der Waals surface area contributed by atoms with Crippen LogP contribution >= 0.6 is 0 Å². The fourth-order valence-electron chi connectivity index (χ4n) is 2.48. The summed E-state index contributed by atoms with van der Waals surface area (Å²) in [5, 5.41) is 3.88. The lowest BCUT2D eigenvalue weighted by atomic mass is 10.1. The Bertz CT molecular complexity index is 745. The van der Waals surface area contributed by atoms with Crippen LogP contribution in [0.5, 0.6) is 17.2 Å². The zero-order valence-electron chi connectivity index (χ0n) is 13.7. The number of hydrogen-bond donors (Lipinski definition) is 1. The van der Waals surface area contributed by atoms with Gasteiger partial charge >= 0.3 is 0 Å². The third-order valence-electron chi connectivity index (χ3n) is 3.72. The van der Waals surface area contributed by atoms with Gasteiger partial charge in [0.2, 0.25) is 11.7 Å². The van der Waals surface area contributed by atoms with E-state index >= 15 is 0 Å². The van der Waals surface area contributed by atoms with Gasteiger partial charge in [0.15, 0.2) is 21.3 Å². The van der Waals surface area contributed by atoms with Gasteiger partial charge in [0.1, 0.15) is 0 Å². The molecule has 1 aliphatic heterocycles. The molecule has 9 heteroatoms. The van der Waals surface area contributed by atoms with Gasteiger partial charge in [0.25, 0.3) is 0 Å². The maximum atomic E-state index is 11.9. The first-order valence-electron chi connectivity index (χ1n) is 7.24. The summed E-state index contributed by atoms with van der Waals surface area (Å²) in [6.07, 6.45) is 1.73. The lowest BCUT2D eigenvalue weighted by Gasteiger charge is -2.13. The lowest BCUT2D eigenvalue weighted by molar-refractivity contribution is -0.124. The summed E-state index contributed by atoms with van der Waals surface area (Å²) in [7, 11) is 1.38. The molecule has 1 fully saturated rings. The van der Waals surface area contributed by atoms with E-state index in [1.165, 1.54) is 27.5 Å². The average Bonchev–Trinajstić information content (AvgIpc) is 2.93. The van der Waals surface area contributed by atoms with Gasteiger partial charge in [-0.3, -0.25) is 4.79 Å². The van der Waals surface area contributed by atoms with Crippen molar-refractivity contribution < 1.29 is 27.4 Å². The zero-order chi connectivity index (χ0) is 17.7. The molecule has 0 saturated carbocycles. The number of methoxy groups -OCH3 is 3. The predicted molar refractivity (Wildman–Crippen MR) is 88.6 cm³/mol. The molecule has 0 radical (unpaired) electrons. The standard InChI is InChI=1S/C15H20N2O6S/c1-21-12-5-4-10(13(22-2)14(12)23-3)8-16-17-15(18)11-6-7-24(19,20)9-11/h4-5,8,11H,6-7,9H2,1-3H3,(H,17,18)/b16-8-/t11-/m1/s1. The normalized spacial score (nSPS) is 19.2. The molecule has 1 atom stereocenters. The SMILES string of the molecule is COc1ccc(/C=N\NC(=O)[C@@H]2CCS(=O)(=O)C2)c(OC)c1OC. The van der Waals surface area contributed by atoms with E-state index in [1.54, 1.807) is 12.1 Å². The molecule has 0 aromatic heterocycles. The van der Waals surface area contributed by atoms with Gasteiger partial charge in [-0.2, -0.15) is 5.10 Å². The van der Waals surface area contributed by atoms with E-state index in [2.05, 4.69) is 10.5 Å². The Balaban J connectivity index is 2.10. The van der Waals surface area contributed by atoms with Crippen LogP contribution in [-0.4, -0.2) is 53.4 Å². The smallest absolute Gasteiger partial charge is 0.244 e. The molecule has 0 unspecified atom stereocenters. The van der Waals surface area contributed by atoms with Gasteiger partial charge in [-0.15, -0.1) is 0 Å². The van der Waals surface area contributed by atoms with Crippen molar-refractivity contribution in [3.05, 3.63) is 17.7 Å². The molecule has 0 spiro atoms. The molecule has 1 N–H and O–H groups in total. The molecule has 1 aliphatic rings. The van der Waals surface area contributed by atoms with E-state index in [4.69, 9.17) is 14.2 Å². The van der Waals surface area contributed by atoms with Crippen LogP contribution in [0.25, 0.3) is 0 Å². The van der Waals surface area contributed by atoms with Crippen LogP contribution in [0.3, 0.4) is 0 Å². The van der Waals surface area contributed by atoms with Gasteiger partial charge in [-0.05, 0) is 18.6 Å². The molecule has 1 heterocycles. The Hall–Kier alpha value is -2.29. The number of nitrogens with zero attached hydrogens (tertiary/aromatic N) is 1. The highest BCUT2D eigenvalue weighted by atomic mass is 32.2. The maximum Gasteiger partial charge on any atom is 0.244 e. The molecule has 1 amide bonds. The molecule has 2 rings (SSSR count). The van der Waals surface area contributed by atoms with Gasteiger partial charge in [0, 0.05) is 5.56 Å². The first-order valence-corrected chi connectivity index (χ1v) is 9.06. The second-order valence-electron chi connectivity index (χ2n) is 5.26. The number of carbonyl (C=O) groups is 1. The van der Waals surface area contributed by atoms with Crippen LogP contribution in [0.4, 0.5) is 0 Å². The summed E-state index contributed by atoms with van der Waals surface area (Å²) in [4.78, 5) is 11.9. The fourth-order valence-corrected chi connectivity index (χ4v) is 4.23. The quantitative estimate of drug-likeness (QED) is 0.591. The molecule has 8 nitrogen and oxygen atoms in total. The van der Waals surface area contributed by atoms with E-state index in [9.17, 15) is 13.2 Å². The number of rotatable bonds is 6. The highest BCUT2D eigenvalue weighted by molar-refractivity contribution is 7.91. The molecule has 1 saturated heterocycles. The van der Waals surface area contributed by atoms with E-state index in [0.29, 0.717) is 29.2 Å². The number of hydrogen-bond acceptors (Lipinski definition) is 7. The van der Waals surface area contributed by atoms with Crippen molar-refractivity contribution in [3.63, 3.8) is 0 Å². The largest absolute Gasteiger partial charge is 0.493 e. The third-order valence-corrected chi connectivity index (χ3v) is 5.48. The Morgan fingerprint density at radius 3 is 2.46 bits per heavy atom. The lowest BCUT2D eigenvalue weighted by Crippen LogP contribution is -2.27. The number of ether oxygens (including phenoxy) is 3.